The number of hydrogen-bond acceptors (Lipinski definition) is 2. The number of pyridine rings is 1. The molecule has 0 unspecified atom stereocenters. The summed E-state index contributed by atoms with van der Waals surface area (Å²) in [6.07, 6.45) is 0. The number of para-hydroxylation sites is 1. The fourth-order valence-corrected chi connectivity index (χ4v) is 4.39. The van der Waals surface area contributed by atoms with E-state index in [4.69, 9.17) is 4.74 Å². The monoisotopic (exact) mass is 322 g/mol. The van der Waals surface area contributed by atoms with Crippen molar-refractivity contribution in [2.75, 3.05) is 0 Å². The van der Waals surface area contributed by atoms with Crippen LogP contribution in [0.4, 0.5) is 4.39 Å². The van der Waals surface area contributed by atoms with Gasteiger partial charge in [0.1, 0.15) is 12.8 Å². The first-order valence-electron chi connectivity index (χ1n) is 7.46. The van der Waals surface area contributed by atoms with Crippen molar-refractivity contribution in [2.24, 2.45) is 7.05 Å². The molecule has 1 aliphatic rings. The molecule has 0 spiro atoms. The molecule has 4 heteroatoms. The lowest BCUT2D eigenvalue weighted by Gasteiger charge is -2.19. The third-order valence-corrected chi connectivity index (χ3v) is 5.54. The minimum absolute atomic E-state index is 0.290. The maximum Gasteiger partial charge on any atom is 0.260 e. The summed E-state index contributed by atoms with van der Waals surface area (Å²) in [7, 11) is 1.97. The van der Waals surface area contributed by atoms with E-state index in [1.165, 1.54) is 4.70 Å². The summed E-state index contributed by atoms with van der Waals surface area (Å²) in [6.45, 7) is 2.07. The number of thiophene rings is 1. The van der Waals surface area contributed by atoms with E-state index in [1.54, 1.807) is 17.4 Å². The lowest BCUT2D eigenvalue weighted by Crippen LogP contribution is -2.34. The smallest absolute Gasteiger partial charge is 0.260 e. The Morgan fingerprint density at radius 1 is 1.13 bits per heavy atom. The topological polar surface area (TPSA) is 13.1 Å². The third kappa shape index (κ3) is 1.54. The maximum atomic E-state index is 15.1. The molecule has 2 aromatic carbocycles. The summed E-state index contributed by atoms with van der Waals surface area (Å²) in [5, 5.41) is 3.63. The SMILES string of the molecule is Cc1ccc2scc3c2c1-c1c(c(F)c2ccccc2[n+]1C)O3. The molecule has 0 atom stereocenters. The van der Waals surface area contributed by atoms with Gasteiger partial charge in [-0.3, -0.25) is 0 Å². The molecule has 0 amide bonds. The largest absolute Gasteiger partial charge is 0.446 e. The number of aromatic nitrogens is 1. The van der Waals surface area contributed by atoms with Crippen molar-refractivity contribution >= 4 is 32.3 Å². The molecule has 1 aliphatic heterocycles. The summed E-state index contributed by atoms with van der Waals surface area (Å²) >= 11 is 1.63. The highest BCUT2D eigenvalue weighted by molar-refractivity contribution is 7.17. The highest BCUT2D eigenvalue weighted by atomic mass is 32.1. The van der Waals surface area contributed by atoms with Crippen molar-refractivity contribution in [3.8, 4) is 22.8 Å². The highest BCUT2D eigenvalue weighted by Gasteiger charge is 2.34. The van der Waals surface area contributed by atoms with E-state index in [0.29, 0.717) is 11.1 Å². The van der Waals surface area contributed by atoms with Crippen LogP contribution < -0.4 is 9.30 Å². The van der Waals surface area contributed by atoms with Crippen LogP contribution >= 0.6 is 11.3 Å². The van der Waals surface area contributed by atoms with Crippen LogP contribution in [0, 0.1) is 12.7 Å². The Morgan fingerprint density at radius 3 is 2.83 bits per heavy atom. The van der Waals surface area contributed by atoms with Crippen LogP contribution in [0.5, 0.6) is 11.5 Å². The molecule has 0 N–H and O–H groups in total. The molecule has 3 heterocycles. The molecule has 0 fully saturated rings. The van der Waals surface area contributed by atoms with Crippen LogP contribution in [0.2, 0.25) is 0 Å². The second-order valence-electron chi connectivity index (χ2n) is 5.90. The molecule has 0 saturated heterocycles. The van der Waals surface area contributed by atoms with Gasteiger partial charge in [0.25, 0.3) is 5.69 Å². The van der Waals surface area contributed by atoms with E-state index in [1.807, 2.05) is 35.2 Å². The molecule has 112 valence electrons. The molecule has 23 heavy (non-hydrogen) atoms. The molecule has 2 nitrogen and oxygen atoms in total. The lowest BCUT2D eigenvalue weighted by atomic mass is 9.96. The number of aryl methyl sites for hydroxylation is 2. The van der Waals surface area contributed by atoms with Gasteiger partial charge in [-0.15, -0.1) is 11.3 Å². The second kappa shape index (κ2) is 4.30. The Morgan fingerprint density at radius 2 is 1.96 bits per heavy atom. The fraction of sp³-hybridized carbons (Fsp3) is 0.105. The third-order valence-electron chi connectivity index (χ3n) is 4.62. The van der Waals surface area contributed by atoms with Crippen LogP contribution in [-0.2, 0) is 7.05 Å². The minimum Gasteiger partial charge on any atom is -0.446 e. The minimum atomic E-state index is -0.290. The summed E-state index contributed by atoms with van der Waals surface area (Å²) in [4.78, 5) is 0. The average molecular weight is 322 g/mol. The predicted octanol–water partition coefficient (Wildman–Crippen LogP) is 5.10. The number of nitrogens with zero attached hydrogens (tertiary/aromatic N) is 1. The van der Waals surface area contributed by atoms with Crippen molar-refractivity contribution in [3.05, 3.63) is 53.2 Å². The number of rotatable bonds is 0. The molecular weight excluding hydrogens is 309 g/mol. The van der Waals surface area contributed by atoms with Crippen LogP contribution in [0.15, 0.2) is 41.8 Å². The van der Waals surface area contributed by atoms with Crippen LogP contribution in [0.3, 0.4) is 0 Å². The van der Waals surface area contributed by atoms with Crippen LogP contribution in [0.1, 0.15) is 5.56 Å². The van der Waals surface area contributed by atoms with Crippen LogP contribution in [-0.4, -0.2) is 0 Å². The van der Waals surface area contributed by atoms with Crippen molar-refractivity contribution in [1.29, 1.82) is 0 Å². The number of benzene rings is 2. The molecule has 0 bridgehead atoms. The summed E-state index contributed by atoms with van der Waals surface area (Å²) in [5.41, 5.74) is 3.89. The van der Waals surface area contributed by atoms with Crippen LogP contribution in [0.25, 0.3) is 32.2 Å². The van der Waals surface area contributed by atoms with Gasteiger partial charge in [-0.05, 0) is 24.6 Å². The molecule has 5 rings (SSSR count). The Labute approximate surface area is 136 Å². The first-order valence-corrected chi connectivity index (χ1v) is 8.34. The highest BCUT2D eigenvalue weighted by Crippen LogP contribution is 2.50. The van der Waals surface area contributed by atoms with Crippen molar-refractivity contribution in [2.45, 2.75) is 6.92 Å². The maximum absolute atomic E-state index is 15.1. The van der Waals surface area contributed by atoms with Gasteiger partial charge in [0, 0.05) is 21.5 Å². The van der Waals surface area contributed by atoms with Gasteiger partial charge in [-0.1, -0.05) is 18.2 Å². The van der Waals surface area contributed by atoms with E-state index in [9.17, 15) is 0 Å². The van der Waals surface area contributed by atoms with E-state index >= 15 is 4.39 Å². The number of fused-ring (bicyclic) bond motifs is 3. The standard InChI is InChI=1S/C19H13FNOS/c1-10-7-8-14-16-13(9-23-14)22-19-17(20)11-5-3-4-6-12(11)21(2)18(19)15(10)16/h3-9H,1-2H3/q+1. The zero-order chi connectivity index (χ0) is 15.7. The normalized spacial score (nSPS) is 12.5. The van der Waals surface area contributed by atoms with E-state index in [0.717, 1.165) is 33.5 Å². The number of halogens is 1. The number of ether oxygens (including phenoxy) is 1. The van der Waals surface area contributed by atoms with Gasteiger partial charge in [0.2, 0.25) is 11.3 Å². The number of hydrogen-bond donors (Lipinski definition) is 0. The van der Waals surface area contributed by atoms with Gasteiger partial charge in [0.05, 0.1) is 10.9 Å². The molecular formula is C19H13FNOS+. The Balaban J connectivity index is 2.05. The van der Waals surface area contributed by atoms with E-state index in [-0.39, 0.29) is 5.82 Å². The first kappa shape index (κ1) is 13.0. The summed E-state index contributed by atoms with van der Waals surface area (Å²) in [6, 6.07) is 11.7. The van der Waals surface area contributed by atoms with E-state index in [2.05, 4.69) is 19.1 Å². The van der Waals surface area contributed by atoms with Gasteiger partial charge < -0.3 is 4.74 Å². The predicted molar refractivity (Wildman–Crippen MR) is 90.7 cm³/mol. The van der Waals surface area contributed by atoms with Gasteiger partial charge >= 0.3 is 0 Å². The lowest BCUT2D eigenvalue weighted by molar-refractivity contribution is -0.634. The van der Waals surface area contributed by atoms with Gasteiger partial charge in [-0.25, -0.2) is 4.39 Å². The summed E-state index contributed by atoms with van der Waals surface area (Å²) in [5.74, 6) is 0.792. The molecule has 0 saturated carbocycles. The van der Waals surface area contributed by atoms with Crippen molar-refractivity contribution in [1.82, 2.24) is 0 Å². The molecule has 2 aromatic heterocycles. The first-order chi connectivity index (χ1) is 11.2. The second-order valence-corrected chi connectivity index (χ2v) is 6.81. The van der Waals surface area contributed by atoms with Crippen molar-refractivity contribution in [3.63, 3.8) is 0 Å². The Hall–Kier alpha value is -2.46. The summed E-state index contributed by atoms with van der Waals surface area (Å²) < 4.78 is 24.3. The molecule has 4 aromatic rings. The Bertz CT molecular complexity index is 1130. The van der Waals surface area contributed by atoms with Crippen molar-refractivity contribution < 1.29 is 13.7 Å². The van der Waals surface area contributed by atoms with E-state index < -0.39 is 0 Å². The average Bonchev–Trinajstić information content (AvgIpc) is 2.99. The Kier molecular flexibility index (Phi) is 2.43. The molecule has 0 aliphatic carbocycles. The van der Waals surface area contributed by atoms with Gasteiger partial charge in [0.15, 0.2) is 5.82 Å². The fourth-order valence-electron chi connectivity index (χ4n) is 3.52. The quantitative estimate of drug-likeness (QED) is 0.362. The zero-order valence-corrected chi connectivity index (χ0v) is 13.5. The zero-order valence-electron chi connectivity index (χ0n) is 12.7. The molecule has 0 radical (unpaired) electrons. The van der Waals surface area contributed by atoms with Gasteiger partial charge in [-0.2, -0.15) is 4.57 Å².